The molecule has 2 heterocycles. The van der Waals surface area contributed by atoms with Crippen LogP contribution in [0.25, 0.3) is 0 Å². The van der Waals surface area contributed by atoms with Crippen LogP contribution >= 0.6 is 15.9 Å². The molecule has 0 aliphatic carbocycles. The first-order valence-electron chi connectivity index (χ1n) is 5.40. The van der Waals surface area contributed by atoms with Gasteiger partial charge in [-0.05, 0) is 34.1 Å². The molecule has 1 aliphatic heterocycles. The highest BCUT2D eigenvalue weighted by molar-refractivity contribution is 9.10. The van der Waals surface area contributed by atoms with Crippen molar-refractivity contribution in [2.24, 2.45) is 0 Å². The van der Waals surface area contributed by atoms with Gasteiger partial charge in [-0.15, -0.1) is 0 Å². The molecule has 90 valence electrons. The normalized spacial score (nSPS) is 18.0. The topological polar surface area (TPSA) is 53.4 Å². The van der Waals surface area contributed by atoms with Crippen molar-refractivity contribution in [3.8, 4) is 0 Å². The average Bonchev–Trinajstić information content (AvgIpc) is 2.64. The highest BCUT2D eigenvalue weighted by Crippen LogP contribution is 2.34. The molecule has 4 nitrogen and oxygen atoms in total. The third kappa shape index (κ3) is 1.63. The van der Waals surface area contributed by atoms with Crippen molar-refractivity contribution in [3.63, 3.8) is 0 Å². The maximum Gasteiger partial charge on any atom is 0.262 e. The van der Waals surface area contributed by atoms with E-state index in [1.54, 1.807) is 42.6 Å². The Morgan fingerprint density at radius 3 is 2.67 bits per heavy atom. The summed E-state index contributed by atoms with van der Waals surface area (Å²) in [7, 11) is 0. The number of aliphatic hydroxyl groups excluding tert-OH is 1. The summed E-state index contributed by atoms with van der Waals surface area (Å²) in [4.78, 5) is 17.6. The molecule has 1 amide bonds. The first-order chi connectivity index (χ1) is 8.68. The lowest BCUT2D eigenvalue weighted by atomic mass is 10.1. The molecule has 1 aliphatic rings. The summed E-state index contributed by atoms with van der Waals surface area (Å²) in [6.07, 6.45) is 0.626. The van der Waals surface area contributed by atoms with Gasteiger partial charge >= 0.3 is 0 Å². The number of carbonyl (C=O) groups excluding carboxylic acids is 1. The first-order valence-corrected chi connectivity index (χ1v) is 6.20. The highest BCUT2D eigenvalue weighted by atomic mass is 79.9. The molecule has 1 N–H and O–H groups in total. The second-order valence-corrected chi connectivity index (χ2v) is 4.89. The molecule has 1 aromatic carbocycles. The lowest BCUT2D eigenvalue weighted by molar-refractivity contribution is 0.0933. The maximum atomic E-state index is 12.2. The number of halogens is 1. The number of hydrogen-bond acceptors (Lipinski definition) is 3. The Bertz CT molecular complexity index is 613. The van der Waals surface area contributed by atoms with E-state index in [-0.39, 0.29) is 5.91 Å². The molecule has 2 aromatic rings. The van der Waals surface area contributed by atoms with Gasteiger partial charge in [0.25, 0.3) is 5.91 Å². The van der Waals surface area contributed by atoms with Crippen molar-refractivity contribution in [1.29, 1.82) is 0 Å². The Morgan fingerprint density at radius 2 is 2.00 bits per heavy atom. The zero-order valence-electron chi connectivity index (χ0n) is 9.25. The number of carbonyl (C=O) groups is 1. The fourth-order valence-electron chi connectivity index (χ4n) is 2.04. The first kappa shape index (κ1) is 11.4. The van der Waals surface area contributed by atoms with Crippen LogP contribution in [0.2, 0.25) is 0 Å². The van der Waals surface area contributed by atoms with Crippen molar-refractivity contribution in [3.05, 3.63) is 58.2 Å². The van der Waals surface area contributed by atoms with Crippen LogP contribution in [0, 0.1) is 0 Å². The number of anilines is 1. The fraction of sp³-hybridized carbons (Fsp3) is 0.0769. The van der Waals surface area contributed by atoms with Crippen molar-refractivity contribution in [1.82, 2.24) is 4.98 Å². The van der Waals surface area contributed by atoms with E-state index >= 15 is 0 Å². The summed E-state index contributed by atoms with van der Waals surface area (Å²) in [6.45, 7) is 0. The van der Waals surface area contributed by atoms with Gasteiger partial charge in [-0.25, -0.2) is 4.98 Å². The number of aliphatic hydroxyl groups is 1. The number of hydrogen-bond donors (Lipinski definition) is 1. The van der Waals surface area contributed by atoms with Gasteiger partial charge in [0, 0.05) is 21.8 Å². The Labute approximate surface area is 112 Å². The number of rotatable bonds is 1. The predicted molar refractivity (Wildman–Crippen MR) is 70.1 cm³/mol. The molecule has 18 heavy (non-hydrogen) atoms. The van der Waals surface area contributed by atoms with Crippen molar-refractivity contribution in [2.45, 2.75) is 6.23 Å². The van der Waals surface area contributed by atoms with Crippen LogP contribution in [0.4, 0.5) is 5.82 Å². The number of benzene rings is 1. The quantitative estimate of drug-likeness (QED) is 0.880. The van der Waals surface area contributed by atoms with Crippen molar-refractivity contribution < 1.29 is 9.90 Å². The smallest absolute Gasteiger partial charge is 0.262 e. The zero-order valence-corrected chi connectivity index (χ0v) is 10.8. The standard InChI is InChI=1S/C13H9BrN2O2/c14-8-5-6-11(15-7-8)16-12(17)9-3-1-2-4-10(9)13(16)18/h1-7,12,17H. The van der Waals surface area contributed by atoms with Gasteiger partial charge in [-0.2, -0.15) is 0 Å². The molecule has 3 rings (SSSR count). The van der Waals surface area contributed by atoms with Crippen molar-refractivity contribution >= 4 is 27.7 Å². The van der Waals surface area contributed by atoms with Crippen LogP contribution in [0.1, 0.15) is 22.1 Å². The minimum absolute atomic E-state index is 0.229. The van der Waals surface area contributed by atoms with Crippen LogP contribution in [0.15, 0.2) is 47.1 Å². The van der Waals surface area contributed by atoms with Gasteiger partial charge in [0.05, 0.1) is 0 Å². The minimum Gasteiger partial charge on any atom is -0.369 e. The Morgan fingerprint density at radius 1 is 1.22 bits per heavy atom. The summed E-state index contributed by atoms with van der Waals surface area (Å²) < 4.78 is 0.824. The van der Waals surface area contributed by atoms with Gasteiger partial charge in [-0.1, -0.05) is 18.2 Å². The van der Waals surface area contributed by atoms with Crippen LogP contribution in [0.5, 0.6) is 0 Å². The number of fused-ring (bicyclic) bond motifs is 1. The van der Waals surface area contributed by atoms with Crippen LogP contribution in [-0.2, 0) is 0 Å². The fourth-order valence-corrected chi connectivity index (χ4v) is 2.27. The molecule has 0 saturated carbocycles. The van der Waals surface area contributed by atoms with E-state index in [0.717, 1.165) is 4.47 Å². The van der Waals surface area contributed by atoms with E-state index in [9.17, 15) is 9.90 Å². The summed E-state index contributed by atoms with van der Waals surface area (Å²) >= 11 is 3.28. The van der Waals surface area contributed by atoms with Crippen molar-refractivity contribution in [2.75, 3.05) is 4.90 Å². The Kier molecular flexibility index (Phi) is 2.65. The van der Waals surface area contributed by atoms with Gasteiger partial charge in [0.1, 0.15) is 5.82 Å². The van der Waals surface area contributed by atoms with E-state index < -0.39 is 6.23 Å². The molecule has 0 bridgehead atoms. The third-order valence-corrected chi connectivity index (χ3v) is 3.36. The lowest BCUT2D eigenvalue weighted by Crippen LogP contribution is -2.28. The predicted octanol–water partition coefficient (Wildman–Crippen LogP) is 2.50. The molecular weight excluding hydrogens is 296 g/mol. The summed E-state index contributed by atoms with van der Waals surface area (Å²) in [5.41, 5.74) is 1.14. The van der Waals surface area contributed by atoms with Crippen LogP contribution in [-0.4, -0.2) is 16.0 Å². The van der Waals surface area contributed by atoms with Gasteiger partial charge < -0.3 is 5.11 Å². The molecule has 1 aromatic heterocycles. The van der Waals surface area contributed by atoms with Crippen LogP contribution in [0.3, 0.4) is 0 Å². The summed E-state index contributed by atoms with van der Waals surface area (Å²) in [5, 5.41) is 10.2. The van der Waals surface area contributed by atoms with Crippen LogP contribution < -0.4 is 4.90 Å². The number of amides is 1. The van der Waals surface area contributed by atoms with E-state index in [0.29, 0.717) is 16.9 Å². The van der Waals surface area contributed by atoms with Gasteiger partial charge in [-0.3, -0.25) is 9.69 Å². The second kappa shape index (κ2) is 4.19. The molecular formula is C13H9BrN2O2. The Hall–Kier alpha value is -1.72. The molecule has 0 fully saturated rings. The summed E-state index contributed by atoms with van der Waals surface area (Å²) in [6, 6.07) is 10.5. The number of aromatic nitrogens is 1. The molecule has 0 radical (unpaired) electrons. The van der Waals surface area contributed by atoms with Gasteiger partial charge in [0.2, 0.25) is 0 Å². The zero-order chi connectivity index (χ0) is 12.7. The molecule has 1 atom stereocenters. The average molecular weight is 305 g/mol. The SMILES string of the molecule is O=C1c2ccccc2C(O)N1c1ccc(Br)cn1. The van der Waals surface area contributed by atoms with E-state index in [1.807, 2.05) is 0 Å². The molecule has 0 spiro atoms. The molecule has 5 heteroatoms. The Balaban J connectivity index is 2.06. The number of nitrogens with zero attached hydrogens (tertiary/aromatic N) is 2. The minimum atomic E-state index is -0.970. The number of pyridine rings is 1. The lowest BCUT2D eigenvalue weighted by Gasteiger charge is -2.19. The second-order valence-electron chi connectivity index (χ2n) is 3.97. The summed E-state index contributed by atoms with van der Waals surface area (Å²) in [5.74, 6) is 0.208. The van der Waals surface area contributed by atoms with E-state index in [1.165, 1.54) is 4.90 Å². The van der Waals surface area contributed by atoms with E-state index in [2.05, 4.69) is 20.9 Å². The molecule has 0 saturated heterocycles. The van der Waals surface area contributed by atoms with Gasteiger partial charge in [0.15, 0.2) is 6.23 Å². The third-order valence-electron chi connectivity index (χ3n) is 2.89. The monoisotopic (exact) mass is 304 g/mol. The van der Waals surface area contributed by atoms with E-state index in [4.69, 9.17) is 0 Å². The maximum absolute atomic E-state index is 12.2. The highest BCUT2D eigenvalue weighted by Gasteiger charge is 2.36. The molecule has 1 unspecified atom stereocenters. The largest absolute Gasteiger partial charge is 0.369 e.